The minimum atomic E-state index is -3.59. The highest BCUT2D eigenvalue weighted by molar-refractivity contribution is 7.92. The van der Waals surface area contributed by atoms with Crippen molar-refractivity contribution < 1.29 is 18.0 Å². The molecule has 0 aliphatic heterocycles. The molecule has 7 nitrogen and oxygen atoms in total. The van der Waals surface area contributed by atoms with E-state index in [0.29, 0.717) is 27.2 Å². The Bertz CT molecular complexity index is 1200. The number of halogens is 3. The van der Waals surface area contributed by atoms with E-state index in [1.54, 1.807) is 42.5 Å². The van der Waals surface area contributed by atoms with Crippen LogP contribution in [0, 0.1) is 0 Å². The number of rotatable bonds is 11. The predicted octanol–water partition coefficient (Wildman–Crippen LogP) is 5.92. The van der Waals surface area contributed by atoms with Gasteiger partial charge in [-0.2, -0.15) is 0 Å². The van der Waals surface area contributed by atoms with E-state index >= 15 is 0 Å². The number of hydrogen-bond acceptors (Lipinski definition) is 4. The van der Waals surface area contributed by atoms with Crippen LogP contribution in [0.5, 0.6) is 0 Å². The first-order chi connectivity index (χ1) is 17.1. The second-order valence-electron chi connectivity index (χ2n) is 9.85. The van der Waals surface area contributed by atoms with E-state index in [1.807, 2.05) is 27.7 Å². The van der Waals surface area contributed by atoms with Crippen molar-refractivity contribution in [1.29, 1.82) is 0 Å². The van der Waals surface area contributed by atoms with E-state index in [2.05, 4.69) is 5.32 Å². The second-order valence-corrected chi connectivity index (χ2v) is 13.0. The van der Waals surface area contributed by atoms with Gasteiger partial charge in [0.2, 0.25) is 21.8 Å². The first kappa shape index (κ1) is 31.2. The van der Waals surface area contributed by atoms with Crippen molar-refractivity contribution in [2.24, 2.45) is 0 Å². The number of carbonyl (C=O) groups excluding carboxylic acids is 2. The molecule has 2 amide bonds. The maximum absolute atomic E-state index is 13.5. The minimum Gasteiger partial charge on any atom is -0.350 e. The Morgan fingerprint density at radius 2 is 1.62 bits per heavy atom. The molecule has 0 saturated heterocycles. The van der Waals surface area contributed by atoms with Crippen LogP contribution in [-0.2, 0) is 26.2 Å². The Hall–Kier alpha value is -2.00. The Kier molecular flexibility index (Phi) is 11.1. The van der Waals surface area contributed by atoms with E-state index in [4.69, 9.17) is 34.8 Å². The van der Waals surface area contributed by atoms with E-state index < -0.39 is 21.6 Å². The van der Waals surface area contributed by atoms with Gasteiger partial charge in [-0.1, -0.05) is 47.8 Å². The standard InChI is InChI=1S/C26H34Cl3N3O4S/c1-6-23(25(34)30-26(2,3)4)31(17-18-9-14-21(28)22(29)16-18)24(33)8-7-15-32(37(5,35)36)20-12-10-19(27)11-13-20/h9-14,16,23H,6-8,15,17H2,1-5H3,(H,30,34)/t23-/m0/s1. The number of anilines is 1. The lowest BCUT2D eigenvalue weighted by Gasteiger charge is -2.33. The molecule has 0 spiro atoms. The Labute approximate surface area is 235 Å². The largest absolute Gasteiger partial charge is 0.350 e. The molecule has 2 rings (SSSR count). The minimum absolute atomic E-state index is 0.0419. The second kappa shape index (κ2) is 13.2. The molecule has 0 radical (unpaired) electrons. The van der Waals surface area contributed by atoms with Crippen molar-refractivity contribution in [3.63, 3.8) is 0 Å². The number of nitrogens with zero attached hydrogens (tertiary/aromatic N) is 2. The normalized spacial score (nSPS) is 12.6. The molecule has 1 N–H and O–H groups in total. The quantitative estimate of drug-likeness (QED) is 0.352. The zero-order valence-electron chi connectivity index (χ0n) is 21.7. The SMILES string of the molecule is CC[C@@H](C(=O)NC(C)(C)C)N(Cc1ccc(Cl)c(Cl)c1)C(=O)CCCN(c1ccc(Cl)cc1)S(C)(=O)=O. The number of benzene rings is 2. The smallest absolute Gasteiger partial charge is 0.243 e. The highest BCUT2D eigenvalue weighted by atomic mass is 35.5. The fourth-order valence-electron chi connectivity index (χ4n) is 3.82. The van der Waals surface area contributed by atoms with Gasteiger partial charge in [-0.05, 0) is 75.6 Å². The topological polar surface area (TPSA) is 86.8 Å². The van der Waals surface area contributed by atoms with Crippen molar-refractivity contribution in [3.8, 4) is 0 Å². The Morgan fingerprint density at radius 1 is 1.00 bits per heavy atom. The maximum Gasteiger partial charge on any atom is 0.243 e. The van der Waals surface area contributed by atoms with E-state index in [9.17, 15) is 18.0 Å². The van der Waals surface area contributed by atoms with Crippen molar-refractivity contribution in [1.82, 2.24) is 10.2 Å². The molecule has 1 atom stereocenters. The maximum atomic E-state index is 13.5. The van der Waals surface area contributed by atoms with Gasteiger partial charge in [0.15, 0.2) is 0 Å². The summed E-state index contributed by atoms with van der Waals surface area (Å²) in [5.41, 5.74) is 0.712. The van der Waals surface area contributed by atoms with Gasteiger partial charge < -0.3 is 10.2 Å². The summed E-state index contributed by atoms with van der Waals surface area (Å²) in [5, 5.41) is 4.19. The summed E-state index contributed by atoms with van der Waals surface area (Å²) in [6, 6.07) is 10.8. The molecule has 0 saturated carbocycles. The third kappa shape index (κ3) is 9.67. The van der Waals surface area contributed by atoms with Crippen molar-refractivity contribution in [2.45, 2.75) is 65.1 Å². The Morgan fingerprint density at radius 3 is 2.14 bits per heavy atom. The molecular weight excluding hydrogens is 557 g/mol. The average Bonchev–Trinajstić information content (AvgIpc) is 2.77. The molecule has 0 heterocycles. The molecule has 0 aliphatic carbocycles. The summed E-state index contributed by atoms with van der Waals surface area (Å²) in [6.07, 6.45) is 1.81. The zero-order valence-corrected chi connectivity index (χ0v) is 24.8. The van der Waals surface area contributed by atoms with Crippen molar-refractivity contribution in [2.75, 3.05) is 17.1 Å². The molecule has 2 aromatic rings. The van der Waals surface area contributed by atoms with Crippen LogP contribution < -0.4 is 9.62 Å². The fourth-order valence-corrected chi connectivity index (χ4v) is 5.23. The average molecular weight is 591 g/mol. The third-order valence-electron chi connectivity index (χ3n) is 5.49. The number of hydrogen-bond donors (Lipinski definition) is 1. The highest BCUT2D eigenvalue weighted by Crippen LogP contribution is 2.25. The Balaban J connectivity index is 2.26. The summed E-state index contributed by atoms with van der Waals surface area (Å²) >= 11 is 18.2. The molecule has 2 aromatic carbocycles. The molecule has 204 valence electrons. The summed E-state index contributed by atoms with van der Waals surface area (Å²) in [5.74, 6) is -0.533. The predicted molar refractivity (Wildman–Crippen MR) is 152 cm³/mol. The van der Waals surface area contributed by atoms with Gasteiger partial charge in [0, 0.05) is 30.1 Å². The van der Waals surface area contributed by atoms with Crippen LogP contribution in [0.1, 0.15) is 52.5 Å². The van der Waals surface area contributed by atoms with Crippen molar-refractivity contribution >= 4 is 62.3 Å². The van der Waals surface area contributed by atoms with E-state index in [-0.39, 0.29) is 37.7 Å². The third-order valence-corrected chi connectivity index (χ3v) is 7.67. The lowest BCUT2D eigenvalue weighted by Crippen LogP contribution is -2.53. The first-order valence-corrected chi connectivity index (χ1v) is 14.9. The molecule has 0 bridgehead atoms. The van der Waals surface area contributed by atoms with Gasteiger partial charge in [-0.25, -0.2) is 8.42 Å². The summed E-state index contributed by atoms with van der Waals surface area (Å²) < 4.78 is 26.1. The molecule has 0 aliphatic rings. The van der Waals surface area contributed by atoms with Crippen LogP contribution in [0.4, 0.5) is 5.69 Å². The van der Waals surface area contributed by atoms with Gasteiger partial charge >= 0.3 is 0 Å². The van der Waals surface area contributed by atoms with Crippen molar-refractivity contribution in [3.05, 3.63) is 63.1 Å². The molecular formula is C26H34Cl3N3O4S. The molecule has 11 heteroatoms. The highest BCUT2D eigenvalue weighted by Gasteiger charge is 2.31. The molecule has 37 heavy (non-hydrogen) atoms. The fraction of sp³-hybridized carbons (Fsp3) is 0.462. The van der Waals surface area contributed by atoms with Gasteiger partial charge in [-0.3, -0.25) is 13.9 Å². The van der Waals surface area contributed by atoms with E-state index in [0.717, 1.165) is 11.8 Å². The van der Waals surface area contributed by atoms with Gasteiger partial charge in [-0.15, -0.1) is 0 Å². The zero-order chi connectivity index (χ0) is 28.0. The first-order valence-electron chi connectivity index (χ1n) is 11.9. The molecule has 0 fully saturated rings. The van der Waals surface area contributed by atoms with Crippen LogP contribution in [-0.4, -0.2) is 49.5 Å². The summed E-state index contributed by atoms with van der Waals surface area (Å²) in [6.45, 7) is 7.71. The lowest BCUT2D eigenvalue weighted by molar-refractivity contribution is -0.142. The van der Waals surface area contributed by atoms with Gasteiger partial charge in [0.1, 0.15) is 6.04 Å². The number of amides is 2. The van der Waals surface area contributed by atoms with E-state index in [1.165, 1.54) is 9.21 Å². The van der Waals surface area contributed by atoms with Crippen LogP contribution >= 0.6 is 34.8 Å². The van der Waals surface area contributed by atoms with Gasteiger partial charge in [0.05, 0.1) is 22.0 Å². The number of carbonyl (C=O) groups is 2. The summed E-state index contributed by atoms with van der Waals surface area (Å²) in [7, 11) is -3.59. The van der Waals surface area contributed by atoms with Crippen LogP contribution in [0.3, 0.4) is 0 Å². The number of nitrogens with one attached hydrogen (secondary N) is 1. The monoisotopic (exact) mass is 589 g/mol. The van der Waals surface area contributed by atoms with Crippen LogP contribution in [0.15, 0.2) is 42.5 Å². The molecule has 0 unspecified atom stereocenters. The summed E-state index contributed by atoms with van der Waals surface area (Å²) in [4.78, 5) is 28.1. The van der Waals surface area contributed by atoms with Crippen LogP contribution in [0.2, 0.25) is 15.1 Å². The number of sulfonamides is 1. The van der Waals surface area contributed by atoms with Gasteiger partial charge in [0.25, 0.3) is 0 Å². The lowest BCUT2D eigenvalue weighted by atomic mass is 10.0. The van der Waals surface area contributed by atoms with Crippen LogP contribution in [0.25, 0.3) is 0 Å². The molecule has 0 aromatic heterocycles.